The molecular formula is C24H27ClFN5O2. The van der Waals surface area contributed by atoms with Crippen molar-refractivity contribution in [3.8, 4) is 11.1 Å². The average Bonchev–Trinajstić information content (AvgIpc) is 2.80. The fourth-order valence-electron chi connectivity index (χ4n) is 4.43. The molecule has 0 bridgehead atoms. The fourth-order valence-corrected chi connectivity index (χ4v) is 4.68. The van der Waals surface area contributed by atoms with E-state index in [-0.39, 0.29) is 27.9 Å². The zero-order valence-corrected chi connectivity index (χ0v) is 19.4. The van der Waals surface area contributed by atoms with Crippen LogP contribution in [0.15, 0.2) is 29.2 Å². The second-order valence-electron chi connectivity index (χ2n) is 8.28. The molecule has 2 aromatic heterocycles. The average molecular weight is 472 g/mol. The zero-order chi connectivity index (χ0) is 23.5. The van der Waals surface area contributed by atoms with Gasteiger partial charge in [0, 0.05) is 41.4 Å². The van der Waals surface area contributed by atoms with Crippen molar-refractivity contribution in [2.75, 3.05) is 17.7 Å². The number of carbonyl (C=O) groups excluding carboxylic acids is 1. The van der Waals surface area contributed by atoms with E-state index in [2.05, 4.69) is 25.9 Å². The van der Waals surface area contributed by atoms with Crippen molar-refractivity contribution in [3.05, 3.63) is 51.2 Å². The molecule has 1 fully saturated rings. The second kappa shape index (κ2) is 9.79. The minimum atomic E-state index is -0.673. The maximum absolute atomic E-state index is 14.6. The molecule has 0 aliphatic heterocycles. The van der Waals surface area contributed by atoms with Gasteiger partial charge in [0.05, 0.1) is 16.2 Å². The number of benzene rings is 1. The van der Waals surface area contributed by atoms with E-state index in [1.807, 2.05) is 6.92 Å². The van der Waals surface area contributed by atoms with Crippen molar-refractivity contribution in [2.24, 2.45) is 0 Å². The number of amides is 2. The lowest BCUT2D eigenvalue weighted by Crippen LogP contribution is -2.39. The minimum Gasteiger partial charge on any atom is -0.373 e. The molecule has 0 saturated heterocycles. The highest BCUT2D eigenvalue weighted by Gasteiger charge is 2.19. The Morgan fingerprint density at radius 3 is 2.67 bits per heavy atom. The Labute approximate surface area is 196 Å². The van der Waals surface area contributed by atoms with E-state index in [0.29, 0.717) is 23.3 Å². The molecule has 0 atom stereocenters. The van der Waals surface area contributed by atoms with Crippen LogP contribution in [0, 0.1) is 5.82 Å². The first-order valence-electron chi connectivity index (χ1n) is 11.2. The van der Waals surface area contributed by atoms with Crippen molar-refractivity contribution in [1.82, 2.24) is 15.3 Å². The normalized spacial score (nSPS) is 14.3. The van der Waals surface area contributed by atoms with Crippen molar-refractivity contribution >= 4 is 40.0 Å². The van der Waals surface area contributed by atoms with Crippen molar-refractivity contribution < 1.29 is 9.18 Å². The van der Waals surface area contributed by atoms with Gasteiger partial charge in [-0.05, 0) is 37.5 Å². The van der Waals surface area contributed by atoms with Crippen LogP contribution in [0.5, 0.6) is 0 Å². The molecular weight excluding hydrogens is 445 g/mol. The summed E-state index contributed by atoms with van der Waals surface area (Å²) in [6.45, 7) is 1.98. The Morgan fingerprint density at radius 2 is 1.97 bits per heavy atom. The third-order valence-corrected chi connectivity index (χ3v) is 6.43. The van der Waals surface area contributed by atoms with Gasteiger partial charge in [-0.2, -0.15) is 0 Å². The number of carbonyl (C=O) groups is 1. The number of hydrogen-bond acceptors (Lipinski definition) is 4. The van der Waals surface area contributed by atoms with E-state index in [0.717, 1.165) is 42.7 Å². The van der Waals surface area contributed by atoms with Gasteiger partial charge in [-0.3, -0.25) is 4.79 Å². The summed E-state index contributed by atoms with van der Waals surface area (Å²) in [7, 11) is 1.77. The Bertz CT molecular complexity index is 1250. The van der Waals surface area contributed by atoms with Crippen LogP contribution >= 0.6 is 11.6 Å². The van der Waals surface area contributed by atoms with Crippen molar-refractivity contribution in [1.29, 1.82) is 0 Å². The van der Waals surface area contributed by atoms with Gasteiger partial charge >= 0.3 is 6.03 Å². The van der Waals surface area contributed by atoms with E-state index in [9.17, 15) is 14.0 Å². The number of aryl methyl sites for hydroxylation is 1. The largest absolute Gasteiger partial charge is 0.373 e. The van der Waals surface area contributed by atoms with Crippen LogP contribution in [-0.4, -0.2) is 29.1 Å². The van der Waals surface area contributed by atoms with Gasteiger partial charge in [0.15, 0.2) is 0 Å². The van der Waals surface area contributed by atoms with Crippen LogP contribution in [0.2, 0.25) is 5.02 Å². The van der Waals surface area contributed by atoms with Gasteiger partial charge in [0.2, 0.25) is 0 Å². The first-order valence-corrected chi connectivity index (χ1v) is 11.6. The van der Waals surface area contributed by atoms with E-state index < -0.39 is 11.8 Å². The van der Waals surface area contributed by atoms with Crippen LogP contribution in [0.1, 0.15) is 44.6 Å². The molecule has 0 radical (unpaired) electrons. The number of aromatic nitrogens is 2. The molecule has 174 valence electrons. The maximum atomic E-state index is 14.6. The number of nitrogens with one attached hydrogen (secondary N) is 4. The van der Waals surface area contributed by atoms with E-state index in [1.165, 1.54) is 12.5 Å². The van der Waals surface area contributed by atoms with Crippen LogP contribution in [0.4, 0.5) is 20.7 Å². The van der Waals surface area contributed by atoms with E-state index in [4.69, 9.17) is 11.6 Å². The van der Waals surface area contributed by atoms with Crippen LogP contribution < -0.4 is 21.5 Å². The number of rotatable bonds is 5. The number of halogens is 2. The zero-order valence-electron chi connectivity index (χ0n) is 18.6. The molecule has 4 N–H and O–H groups in total. The number of pyridine rings is 2. The summed E-state index contributed by atoms with van der Waals surface area (Å²) in [5.41, 5.74) is 1.77. The Morgan fingerprint density at radius 1 is 1.21 bits per heavy atom. The van der Waals surface area contributed by atoms with Gasteiger partial charge in [0.1, 0.15) is 11.6 Å². The molecule has 0 unspecified atom stereocenters. The molecule has 3 aromatic rings. The first kappa shape index (κ1) is 23.0. The van der Waals surface area contributed by atoms with Crippen LogP contribution in [-0.2, 0) is 6.42 Å². The Kier molecular flexibility index (Phi) is 6.83. The molecule has 1 aromatic carbocycles. The van der Waals surface area contributed by atoms with Gasteiger partial charge in [0.25, 0.3) is 5.56 Å². The summed E-state index contributed by atoms with van der Waals surface area (Å²) in [6.07, 6.45) is 7.47. The standard InChI is InChI=1S/C24H27ClFN5O2/c1-3-15-21-13(12-28-22(15)27-2)9-17(23(32)31-21)16-10-20(19(26)11-18(16)25)30-24(33)29-14-7-5-4-6-8-14/h9-12,14H,3-8H2,1-2H3,(H,27,28)(H,31,32)(H2,29,30,33). The maximum Gasteiger partial charge on any atom is 0.319 e. The Hall–Kier alpha value is -3.13. The van der Waals surface area contributed by atoms with E-state index in [1.54, 1.807) is 19.3 Å². The van der Waals surface area contributed by atoms with Crippen molar-refractivity contribution in [3.63, 3.8) is 0 Å². The van der Waals surface area contributed by atoms with Gasteiger partial charge in [-0.25, -0.2) is 14.2 Å². The SMILES string of the molecule is CCc1c(NC)ncc2cc(-c3cc(NC(=O)NC4CCCCC4)c(F)cc3Cl)c(=O)[nH]c12. The first-order chi connectivity index (χ1) is 15.9. The molecule has 1 aliphatic carbocycles. The monoisotopic (exact) mass is 471 g/mol. The molecule has 9 heteroatoms. The lowest BCUT2D eigenvalue weighted by molar-refractivity contribution is 0.244. The smallest absolute Gasteiger partial charge is 0.319 e. The lowest BCUT2D eigenvalue weighted by Gasteiger charge is -2.23. The molecule has 4 rings (SSSR count). The van der Waals surface area contributed by atoms with Gasteiger partial charge in [-0.1, -0.05) is 37.8 Å². The van der Waals surface area contributed by atoms with Gasteiger partial charge in [-0.15, -0.1) is 0 Å². The number of fused-ring (bicyclic) bond motifs is 1. The number of hydrogen-bond donors (Lipinski definition) is 4. The molecule has 1 aliphatic rings. The van der Waals surface area contributed by atoms with Crippen LogP contribution in [0.3, 0.4) is 0 Å². The number of aromatic amines is 1. The lowest BCUT2D eigenvalue weighted by atomic mass is 9.96. The fraction of sp³-hybridized carbons (Fsp3) is 0.375. The molecule has 0 spiro atoms. The third kappa shape index (κ3) is 4.80. The third-order valence-electron chi connectivity index (χ3n) is 6.12. The quantitative estimate of drug-likeness (QED) is 0.398. The topological polar surface area (TPSA) is 98.9 Å². The molecule has 33 heavy (non-hydrogen) atoms. The highest BCUT2D eigenvalue weighted by Crippen LogP contribution is 2.33. The summed E-state index contributed by atoms with van der Waals surface area (Å²) in [6, 6.07) is 3.80. The highest BCUT2D eigenvalue weighted by atomic mass is 35.5. The van der Waals surface area contributed by atoms with E-state index >= 15 is 0 Å². The summed E-state index contributed by atoms with van der Waals surface area (Å²) in [5.74, 6) is 0.0250. The predicted octanol–water partition coefficient (Wildman–Crippen LogP) is 5.44. The summed E-state index contributed by atoms with van der Waals surface area (Å²) >= 11 is 6.31. The summed E-state index contributed by atoms with van der Waals surface area (Å²) < 4.78 is 14.6. The molecule has 1 saturated carbocycles. The number of urea groups is 1. The van der Waals surface area contributed by atoms with Crippen LogP contribution in [0.25, 0.3) is 22.0 Å². The number of anilines is 2. The predicted molar refractivity (Wildman–Crippen MR) is 131 cm³/mol. The molecule has 2 heterocycles. The summed E-state index contributed by atoms with van der Waals surface area (Å²) in [4.78, 5) is 32.8. The molecule has 7 nitrogen and oxygen atoms in total. The Balaban J connectivity index is 1.69. The highest BCUT2D eigenvalue weighted by molar-refractivity contribution is 6.33. The van der Waals surface area contributed by atoms with Gasteiger partial charge < -0.3 is 20.9 Å². The number of H-pyrrole nitrogens is 1. The number of nitrogens with zero attached hydrogens (tertiary/aromatic N) is 1. The summed E-state index contributed by atoms with van der Waals surface area (Å²) in [5, 5.41) is 9.30. The minimum absolute atomic E-state index is 0.0416. The van der Waals surface area contributed by atoms with Crippen molar-refractivity contribution in [2.45, 2.75) is 51.5 Å². The second-order valence-corrected chi connectivity index (χ2v) is 8.68. The molecule has 2 amide bonds.